The Hall–Kier alpha value is -2.60. The lowest BCUT2D eigenvalue weighted by molar-refractivity contribution is -0.605. The Bertz CT molecular complexity index is 712. The number of carbonyl (C=O) groups is 1. The monoisotopic (exact) mass is 341 g/mol. The zero-order chi connectivity index (χ0) is 17.6. The maximum absolute atomic E-state index is 12.4. The van der Waals surface area contributed by atoms with Crippen LogP contribution in [0.5, 0.6) is 5.75 Å². The summed E-state index contributed by atoms with van der Waals surface area (Å²) in [5.74, 6) is 0.642. The van der Waals surface area contributed by atoms with Crippen LogP contribution in [0, 0.1) is 5.21 Å². The lowest BCUT2D eigenvalue weighted by atomic mass is 10.0. The SMILES string of the molecule is COc1cccc(C(CNC(=O)c2cc[n+]([O-])cc2)N2CCCC2)c1. The van der Waals surface area contributed by atoms with E-state index in [0.717, 1.165) is 24.4 Å². The Balaban J connectivity index is 1.73. The minimum atomic E-state index is -0.173. The van der Waals surface area contributed by atoms with Gasteiger partial charge in [0, 0.05) is 18.7 Å². The summed E-state index contributed by atoms with van der Waals surface area (Å²) < 4.78 is 6.00. The van der Waals surface area contributed by atoms with E-state index in [4.69, 9.17) is 4.74 Å². The van der Waals surface area contributed by atoms with E-state index in [0.29, 0.717) is 16.8 Å². The quantitative estimate of drug-likeness (QED) is 0.644. The van der Waals surface area contributed by atoms with Gasteiger partial charge in [-0.05, 0) is 43.6 Å². The molecular weight excluding hydrogens is 318 g/mol. The summed E-state index contributed by atoms with van der Waals surface area (Å²) in [5, 5.41) is 14.1. The molecule has 25 heavy (non-hydrogen) atoms. The Morgan fingerprint density at radius 3 is 2.68 bits per heavy atom. The maximum Gasteiger partial charge on any atom is 0.251 e. The van der Waals surface area contributed by atoms with E-state index in [1.807, 2.05) is 18.2 Å². The molecule has 1 N–H and O–H groups in total. The summed E-state index contributed by atoms with van der Waals surface area (Å²) in [6.45, 7) is 2.57. The van der Waals surface area contributed by atoms with E-state index in [1.54, 1.807) is 7.11 Å². The molecule has 1 aliphatic rings. The summed E-state index contributed by atoms with van der Waals surface area (Å²) in [4.78, 5) is 14.8. The van der Waals surface area contributed by atoms with Gasteiger partial charge in [-0.15, -0.1) is 0 Å². The van der Waals surface area contributed by atoms with E-state index in [1.165, 1.54) is 37.4 Å². The van der Waals surface area contributed by atoms with Crippen LogP contribution < -0.4 is 14.8 Å². The van der Waals surface area contributed by atoms with Crippen molar-refractivity contribution in [3.63, 3.8) is 0 Å². The molecule has 1 unspecified atom stereocenters. The van der Waals surface area contributed by atoms with Gasteiger partial charge in [-0.2, -0.15) is 4.73 Å². The van der Waals surface area contributed by atoms with Gasteiger partial charge >= 0.3 is 0 Å². The van der Waals surface area contributed by atoms with Crippen molar-refractivity contribution >= 4 is 5.91 Å². The van der Waals surface area contributed by atoms with Gasteiger partial charge in [0.1, 0.15) is 5.75 Å². The zero-order valence-electron chi connectivity index (χ0n) is 14.4. The second kappa shape index (κ2) is 7.98. The van der Waals surface area contributed by atoms with Crippen molar-refractivity contribution in [2.24, 2.45) is 0 Å². The number of hydrogen-bond acceptors (Lipinski definition) is 4. The summed E-state index contributed by atoms with van der Waals surface area (Å²) >= 11 is 0. The molecule has 3 rings (SSSR count). The number of benzene rings is 1. The molecule has 0 bridgehead atoms. The summed E-state index contributed by atoms with van der Waals surface area (Å²) in [5.41, 5.74) is 1.62. The van der Waals surface area contributed by atoms with Gasteiger partial charge in [0.2, 0.25) is 0 Å². The number of ether oxygens (including phenoxy) is 1. The minimum absolute atomic E-state index is 0.106. The van der Waals surface area contributed by atoms with Crippen molar-refractivity contribution < 1.29 is 14.3 Å². The Morgan fingerprint density at radius 2 is 2.00 bits per heavy atom. The van der Waals surface area contributed by atoms with Crippen LogP contribution in [0.2, 0.25) is 0 Å². The number of methoxy groups -OCH3 is 1. The number of pyridine rings is 1. The number of carbonyl (C=O) groups excluding carboxylic acids is 1. The van der Waals surface area contributed by atoms with Gasteiger partial charge < -0.3 is 15.3 Å². The minimum Gasteiger partial charge on any atom is -0.619 e. The molecule has 1 fully saturated rings. The summed E-state index contributed by atoms with van der Waals surface area (Å²) in [6, 6.07) is 11.2. The van der Waals surface area contributed by atoms with E-state index < -0.39 is 0 Å². The van der Waals surface area contributed by atoms with Gasteiger partial charge in [0.05, 0.1) is 18.7 Å². The number of likely N-dealkylation sites (tertiary alicyclic amines) is 1. The molecule has 1 atom stereocenters. The molecule has 1 aromatic carbocycles. The third kappa shape index (κ3) is 4.28. The van der Waals surface area contributed by atoms with Crippen LogP contribution >= 0.6 is 0 Å². The molecule has 1 aromatic heterocycles. The fraction of sp³-hybridized carbons (Fsp3) is 0.368. The van der Waals surface area contributed by atoms with Crippen molar-refractivity contribution in [3.05, 3.63) is 65.1 Å². The predicted octanol–water partition coefficient (Wildman–Crippen LogP) is 1.90. The second-order valence-corrected chi connectivity index (χ2v) is 6.19. The zero-order valence-corrected chi connectivity index (χ0v) is 14.4. The first-order chi connectivity index (χ1) is 12.2. The number of nitrogens with one attached hydrogen (secondary N) is 1. The standard InChI is InChI=1S/C19H23N3O3/c1-25-17-6-4-5-16(13-17)18(21-9-2-3-10-21)14-20-19(23)15-7-11-22(24)12-8-15/h4-8,11-13,18H,2-3,9-10,14H2,1H3,(H,20,23). The van der Waals surface area contributed by atoms with Crippen molar-refractivity contribution in [2.75, 3.05) is 26.7 Å². The molecule has 132 valence electrons. The van der Waals surface area contributed by atoms with Crippen LogP contribution in [0.3, 0.4) is 0 Å². The highest BCUT2D eigenvalue weighted by Gasteiger charge is 2.24. The molecule has 0 saturated carbocycles. The lowest BCUT2D eigenvalue weighted by Crippen LogP contribution is -2.37. The average molecular weight is 341 g/mol. The van der Waals surface area contributed by atoms with Gasteiger partial charge in [-0.3, -0.25) is 9.69 Å². The topological polar surface area (TPSA) is 68.5 Å². The van der Waals surface area contributed by atoms with Crippen LogP contribution in [-0.2, 0) is 0 Å². The first kappa shape index (κ1) is 17.2. The number of aromatic nitrogens is 1. The number of rotatable bonds is 6. The number of hydrogen-bond donors (Lipinski definition) is 1. The van der Waals surface area contributed by atoms with E-state index >= 15 is 0 Å². The van der Waals surface area contributed by atoms with E-state index in [2.05, 4.69) is 16.3 Å². The molecule has 1 amide bonds. The van der Waals surface area contributed by atoms with Crippen molar-refractivity contribution in [2.45, 2.75) is 18.9 Å². The predicted molar refractivity (Wildman–Crippen MR) is 94.3 cm³/mol. The average Bonchev–Trinajstić information content (AvgIpc) is 3.17. The smallest absolute Gasteiger partial charge is 0.251 e. The third-order valence-electron chi connectivity index (χ3n) is 4.58. The van der Waals surface area contributed by atoms with E-state index in [-0.39, 0.29) is 11.9 Å². The van der Waals surface area contributed by atoms with Crippen LogP contribution in [0.4, 0.5) is 0 Å². The highest BCUT2D eigenvalue weighted by molar-refractivity contribution is 5.93. The number of amides is 1. The van der Waals surface area contributed by atoms with Crippen LogP contribution in [0.15, 0.2) is 48.8 Å². The van der Waals surface area contributed by atoms with Crippen molar-refractivity contribution in [1.82, 2.24) is 10.2 Å². The fourth-order valence-corrected chi connectivity index (χ4v) is 3.22. The van der Waals surface area contributed by atoms with Gasteiger partial charge in [0.25, 0.3) is 5.91 Å². The highest BCUT2D eigenvalue weighted by Crippen LogP contribution is 2.27. The first-order valence-electron chi connectivity index (χ1n) is 8.52. The molecule has 1 aliphatic heterocycles. The summed E-state index contributed by atoms with van der Waals surface area (Å²) in [6.07, 6.45) is 5.01. The molecule has 1 saturated heterocycles. The first-order valence-corrected chi connectivity index (χ1v) is 8.52. The van der Waals surface area contributed by atoms with Crippen LogP contribution in [-0.4, -0.2) is 37.6 Å². The third-order valence-corrected chi connectivity index (χ3v) is 4.58. The van der Waals surface area contributed by atoms with Gasteiger partial charge in [0.15, 0.2) is 12.4 Å². The molecule has 0 aliphatic carbocycles. The summed E-state index contributed by atoms with van der Waals surface area (Å²) in [7, 11) is 1.66. The van der Waals surface area contributed by atoms with E-state index in [9.17, 15) is 10.0 Å². The molecule has 6 nitrogen and oxygen atoms in total. The fourth-order valence-electron chi connectivity index (χ4n) is 3.22. The van der Waals surface area contributed by atoms with Crippen molar-refractivity contribution in [3.8, 4) is 5.75 Å². The normalized spacial score (nSPS) is 15.7. The van der Waals surface area contributed by atoms with Crippen LogP contribution in [0.25, 0.3) is 0 Å². The van der Waals surface area contributed by atoms with Crippen LogP contribution in [0.1, 0.15) is 34.8 Å². The molecule has 0 spiro atoms. The molecule has 2 aromatic rings. The lowest BCUT2D eigenvalue weighted by Gasteiger charge is -2.28. The van der Waals surface area contributed by atoms with Crippen molar-refractivity contribution in [1.29, 1.82) is 0 Å². The molecular formula is C19H23N3O3. The van der Waals surface area contributed by atoms with Gasteiger partial charge in [-0.1, -0.05) is 12.1 Å². The Morgan fingerprint density at radius 1 is 1.28 bits per heavy atom. The largest absolute Gasteiger partial charge is 0.619 e. The Labute approximate surface area is 147 Å². The van der Waals surface area contributed by atoms with Gasteiger partial charge in [-0.25, -0.2) is 0 Å². The Kier molecular flexibility index (Phi) is 5.50. The highest BCUT2D eigenvalue weighted by atomic mass is 16.5. The molecule has 6 heteroatoms. The number of nitrogens with zero attached hydrogens (tertiary/aromatic N) is 2. The molecule has 2 heterocycles. The maximum atomic E-state index is 12.4. The second-order valence-electron chi connectivity index (χ2n) is 6.19. The molecule has 0 radical (unpaired) electrons.